The van der Waals surface area contributed by atoms with Gasteiger partial charge in [-0.25, -0.2) is 8.78 Å². The van der Waals surface area contributed by atoms with E-state index in [1.807, 2.05) is 0 Å². The maximum Gasteiger partial charge on any atom is 0.256 e. The fourth-order valence-electron chi connectivity index (χ4n) is 2.24. The molecular weight excluding hydrogens is 304 g/mol. The topological polar surface area (TPSA) is 20.3 Å². The third-order valence-electron chi connectivity index (χ3n) is 3.21. The first-order valence-electron chi connectivity index (χ1n) is 5.93. The molecule has 0 saturated carbocycles. The van der Waals surface area contributed by atoms with Crippen LogP contribution < -0.4 is 0 Å². The van der Waals surface area contributed by atoms with Crippen molar-refractivity contribution in [3.63, 3.8) is 0 Å². The molecule has 5 heteroatoms. The van der Waals surface area contributed by atoms with Crippen LogP contribution >= 0.6 is 15.9 Å². The molecule has 1 amide bonds. The number of amides is 1. The first-order valence-corrected chi connectivity index (χ1v) is 6.72. The highest BCUT2D eigenvalue weighted by Crippen LogP contribution is 2.24. The van der Waals surface area contributed by atoms with Gasteiger partial charge in [0, 0.05) is 13.1 Å². The van der Waals surface area contributed by atoms with Gasteiger partial charge in [0.15, 0.2) is 11.6 Å². The lowest BCUT2D eigenvalue weighted by molar-refractivity contribution is 0.0677. The van der Waals surface area contributed by atoms with Crippen molar-refractivity contribution in [2.75, 3.05) is 13.1 Å². The summed E-state index contributed by atoms with van der Waals surface area (Å²) in [6, 6.07) is 2.68. The Bertz CT molecular complexity index is 478. The van der Waals surface area contributed by atoms with Crippen LogP contribution in [0.2, 0.25) is 0 Å². The maximum absolute atomic E-state index is 13.7. The molecular formula is C13H14BrF2NO. The minimum absolute atomic E-state index is 0.0311. The van der Waals surface area contributed by atoms with Crippen LogP contribution in [-0.4, -0.2) is 23.9 Å². The van der Waals surface area contributed by atoms with E-state index in [1.165, 1.54) is 12.1 Å². The number of carbonyl (C=O) groups is 1. The molecule has 0 N–H and O–H groups in total. The third kappa shape index (κ3) is 2.55. The van der Waals surface area contributed by atoms with Gasteiger partial charge in [-0.15, -0.1) is 0 Å². The van der Waals surface area contributed by atoms with Gasteiger partial charge in [-0.3, -0.25) is 4.79 Å². The predicted molar refractivity (Wildman–Crippen MR) is 68.4 cm³/mol. The van der Waals surface area contributed by atoms with Crippen LogP contribution in [0.3, 0.4) is 0 Å². The van der Waals surface area contributed by atoms with Crippen molar-refractivity contribution < 1.29 is 13.6 Å². The molecule has 1 aromatic carbocycles. The molecule has 1 fully saturated rings. The lowest BCUT2D eigenvalue weighted by Crippen LogP contribution is -2.39. The molecule has 2 rings (SSSR count). The van der Waals surface area contributed by atoms with Gasteiger partial charge in [0.1, 0.15) is 0 Å². The van der Waals surface area contributed by atoms with E-state index in [2.05, 4.69) is 22.9 Å². The molecule has 1 aliphatic rings. The molecule has 98 valence electrons. The van der Waals surface area contributed by atoms with E-state index >= 15 is 0 Å². The standard InChI is InChI=1S/C13H14BrF2NO/c1-8-3-2-6-17(7-8)13(18)9-4-5-10(14)12(16)11(9)15/h4-5,8H,2-3,6-7H2,1H3. The Balaban J connectivity index is 2.26. The minimum Gasteiger partial charge on any atom is -0.338 e. The zero-order valence-corrected chi connectivity index (χ0v) is 11.6. The molecule has 0 spiro atoms. The fraction of sp³-hybridized carbons (Fsp3) is 0.462. The lowest BCUT2D eigenvalue weighted by atomic mass is 9.99. The third-order valence-corrected chi connectivity index (χ3v) is 3.82. The summed E-state index contributed by atoms with van der Waals surface area (Å²) in [5.41, 5.74) is -0.190. The van der Waals surface area contributed by atoms with Crippen LogP contribution in [0.1, 0.15) is 30.1 Å². The first kappa shape index (κ1) is 13.5. The van der Waals surface area contributed by atoms with E-state index in [1.54, 1.807) is 4.90 Å². The Hall–Kier alpha value is -0.970. The fourth-order valence-corrected chi connectivity index (χ4v) is 2.54. The molecule has 1 heterocycles. The number of carbonyl (C=O) groups excluding carboxylic acids is 1. The van der Waals surface area contributed by atoms with Gasteiger partial charge < -0.3 is 4.90 Å². The van der Waals surface area contributed by atoms with E-state index in [9.17, 15) is 13.6 Å². The second kappa shape index (κ2) is 5.34. The van der Waals surface area contributed by atoms with Crippen molar-refractivity contribution in [1.29, 1.82) is 0 Å². The van der Waals surface area contributed by atoms with Gasteiger partial charge in [-0.2, -0.15) is 0 Å². The molecule has 1 saturated heterocycles. The maximum atomic E-state index is 13.7. The molecule has 0 aliphatic carbocycles. The SMILES string of the molecule is CC1CCCN(C(=O)c2ccc(Br)c(F)c2F)C1. The molecule has 0 bridgehead atoms. The highest BCUT2D eigenvalue weighted by molar-refractivity contribution is 9.10. The molecule has 2 nitrogen and oxygen atoms in total. The van der Waals surface area contributed by atoms with Crippen LogP contribution in [0, 0.1) is 17.6 Å². The number of likely N-dealkylation sites (tertiary alicyclic amines) is 1. The Morgan fingerprint density at radius 2 is 2.11 bits per heavy atom. The van der Waals surface area contributed by atoms with E-state index in [4.69, 9.17) is 0 Å². The Morgan fingerprint density at radius 3 is 2.78 bits per heavy atom. The van der Waals surface area contributed by atoms with Crippen molar-refractivity contribution >= 4 is 21.8 Å². The van der Waals surface area contributed by atoms with Crippen molar-refractivity contribution in [2.24, 2.45) is 5.92 Å². The summed E-state index contributed by atoms with van der Waals surface area (Å²) < 4.78 is 27.1. The van der Waals surface area contributed by atoms with Gasteiger partial charge >= 0.3 is 0 Å². The second-order valence-corrected chi connectivity index (χ2v) is 5.58. The highest BCUT2D eigenvalue weighted by Gasteiger charge is 2.25. The van der Waals surface area contributed by atoms with Crippen LogP contribution in [0.25, 0.3) is 0 Å². The molecule has 0 radical (unpaired) electrons. The van der Waals surface area contributed by atoms with Gasteiger partial charge in [0.2, 0.25) is 0 Å². The number of piperidine rings is 1. The van der Waals surface area contributed by atoms with Gasteiger partial charge in [0.25, 0.3) is 5.91 Å². The normalized spacial score (nSPS) is 20.0. The summed E-state index contributed by atoms with van der Waals surface area (Å²) in [6.45, 7) is 3.27. The monoisotopic (exact) mass is 317 g/mol. The second-order valence-electron chi connectivity index (χ2n) is 4.72. The smallest absolute Gasteiger partial charge is 0.256 e. The van der Waals surface area contributed by atoms with Crippen LogP contribution in [0.15, 0.2) is 16.6 Å². The summed E-state index contributed by atoms with van der Waals surface area (Å²) in [4.78, 5) is 13.7. The summed E-state index contributed by atoms with van der Waals surface area (Å²) in [5.74, 6) is -2.10. The van der Waals surface area contributed by atoms with Crippen LogP contribution in [0.4, 0.5) is 8.78 Å². The summed E-state index contributed by atoms with van der Waals surface area (Å²) in [7, 11) is 0. The van der Waals surface area contributed by atoms with E-state index in [0.717, 1.165) is 12.8 Å². The molecule has 18 heavy (non-hydrogen) atoms. The number of hydrogen-bond donors (Lipinski definition) is 0. The van der Waals surface area contributed by atoms with Gasteiger partial charge in [0.05, 0.1) is 10.0 Å². The number of nitrogens with zero attached hydrogens (tertiary/aromatic N) is 1. The van der Waals surface area contributed by atoms with Crippen molar-refractivity contribution in [3.8, 4) is 0 Å². The molecule has 1 aliphatic heterocycles. The van der Waals surface area contributed by atoms with Crippen LogP contribution in [0.5, 0.6) is 0 Å². The summed E-state index contributed by atoms with van der Waals surface area (Å²) in [6.07, 6.45) is 1.98. The van der Waals surface area contributed by atoms with E-state index in [-0.39, 0.29) is 10.0 Å². The van der Waals surface area contributed by atoms with Gasteiger partial charge in [-0.1, -0.05) is 6.92 Å². The largest absolute Gasteiger partial charge is 0.338 e. The van der Waals surface area contributed by atoms with Crippen molar-refractivity contribution in [3.05, 3.63) is 33.8 Å². The quantitative estimate of drug-likeness (QED) is 0.725. The summed E-state index contributed by atoms with van der Waals surface area (Å²) in [5, 5.41) is 0. The Morgan fingerprint density at radius 1 is 1.39 bits per heavy atom. The molecule has 1 atom stereocenters. The Labute approximate surface area is 113 Å². The van der Waals surface area contributed by atoms with Gasteiger partial charge in [-0.05, 0) is 46.8 Å². The minimum atomic E-state index is -1.08. The number of halogens is 3. The highest BCUT2D eigenvalue weighted by atomic mass is 79.9. The molecule has 0 aromatic heterocycles. The number of rotatable bonds is 1. The zero-order valence-electron chi connectivity index (χ0n) is 10.0. The number of benzene rings is 1. The molecule has 1 aromatic rings. The first-order chi connectivity index (χ1) is 8.50. The zero-order chi connectivity index (χ0) is 13.3. The van der Waals surface area contributed by atoms with Crippen molar-refractivity contribution in [2.45, 2.75) is 19.8 Å². The van der Waals surface area contributed by atoms with Crippen molar-refractivity contribution in [1.82, 2.24) is 4.90 Å². The predicted octanol–water partition coefficient (Wildman–Crippen LogP) is 3.60. The lowest BCUT2D eigenvalue weighted by Gasteiger charge is -2.31. The summed E-state index contributed by atoms with van der Waals surface area (Å²) >= 11 is 2.89. The number of hydrogen-bond acceptors (Lipinski definition) is 1. The average Bonchev–Trinajstić information content (AvgIpc) is 2.35. The Kier molecular flexibility index (Phi) is 4.00. The van der Waals surface area contributed by atoms with Crippen LogP contribution in [-0.2, 0) is 0 Å². The van der Waals surface area contributed by atoms with E-state index in [0.29, 0.717) is 19.0 Å². The average molecular weight is 318 g/mol. The molecule has 1 unspecified atom stereocenters. The van der Waals surface area contributed by atoms with E-state index < -0.39 is 17.5 Å².